The average molecular weight is 278 g/mol. The van der Waals surface area contributed by atoms with E-state index in [9.17, 15) is 5.26 Å². The van der Waals surface area contributed by atoms with Gasteiger partial charge in [-0.15, -0.1) is 11.3 Å². The van der Waals surface area contributed by atoms with Gasteiger partial charge in [-0.05, 0) is 24.3 Å². The third-order valence-electron chi connectivity index (χ3n) is 2.71. The van der Waals surface area contributed by atoms with E-state index in [0.29, 0.717) is 5.01 Å². The highest BCUT2D eigenvalue weighted by Crippen LogP contribution is 2.28. The van der Waals surface area contributed by atoms with Crippen molar-refractivity contribution in [2.45, 2.75) is 6.04 Å². The number of fused-ring (bicyclic) bond motifs is 1. The number of rotatable bonds is 3. The molecule has 0 saturated heterocycles. The first-order valence-corrected chi connectivity index (χ1v) is 6.89. The monoisotopic (exact) mass is 278 g/mol. The molecule has 0 saturated carbocycles. The van der Waals surface area contributed by atoms with Crippen LogP contribution in [0.4, 0.5) is 5.69 Å². The SMILES string of the molecule is N#CC(N=Nc1ccccc1)c1nc2ccccc2s1. The van der Waals surface area contributed by atoms with Crippen molar-refractivity contribution in [3.8, 4) is 6.07 Å². The van der Waals surface area contributed by atoms with Gasteiger partial charge in [0, 0.05) is 0 Å². The first kappa shape index (κ1) is 12.5. The first-order valence-electron chi connectivity index (χ1n) is 6.08. The zero-order valence-corrected chi connectivity index (χ0v) is 11.3. The lowest BCUT2D eigenvalue weighted by molar-refractivity contribution is 0.845. The summed E-state index contributed by atoms with van der Waals surface area (Å²) < 4.78 is 1.05. The molecule has 0 aliphatic heterocycles. The first-order chi connectivity index (χ1) is 9.86. The summed E-state index contributed by atoms with van der Waals surface area (Å²) in [6.07, 6.45) is 0. The van der Waals surface area contributed by atoms with Gasteiger partial charge in [0.1, 0.15) is 5.01 Å². The molecule has 0 aliphatic rings. The number of azo groups is 1. The molecule has 3 aromatic rings. The van der Waals surface area contributed by atoms with E-state index in [1.54, 1.807) is 0 Å². The Morgan fingerprint density at radius 1 is 1.05 bits per heavy atom. The van der Waals surface area contributed by atoms with Gasteiger partial charge in [0.15, 0.2) is 0 Å². The number of benzene rings is 2. The van der Waals surface area contributed by atoms with Crippen LogP contribution in [-0.2, 0) is 0 Å². The lowest BCUT2D eigenvalue weighted by Crippen LogP contribution is -1.88. The number of thiazole rings is 1. The molecule has 0 N–H and O–H groups in total. The highest BCUT2D eigenvalue weighted by atomic mass is 32.1. The van der Waals surface area contributed by atoms with E-state index >= 15 is 0 Å². The van der Waals surface area contributed by atoms with Crippen LogP contribution in [0, 0.1) is 11.3 Å². The molecule has 1 atom stereocenters. The summed E-state index contributed by atoms with van der Waals surface area (Å²) in [5, 5.41) is 18.1. The van der Waals surface area contributed by atoms with Gasteiger partial charge in [0.05, 0.1) is 22.0 Å². The number of para-hydroxylation sites is 1. The van der Waals surface area contributed by atoms with Crippen molar-refractivity contribution < 1.29 is 0 Å². The molecule has 0 aliphatic carbocycles. The van der Waals surface area contributed by atoms with E-state index in [-0.39, 0.29) is 0 Å². The van der Waals surface area contributed by atoms with Crippen molar-refractivity contribution in [3.05, 3.63) is 59.6 Å². The Hall–Kier alpha value is -2.58. The lowest BCUT2D eigenvalue weighted by Gasteiger charge is -1.96. The van der Waals surface area contributed by atoms with Crippen LogP contribution < -0.4 is 0 Å². The highest BCUT2D eigenvalue weighted by Gasteiger charge is 2.14. The fraction of sp³-hybridized carbons (Fsp3) is 0.0667. The molecular weight excluding hydrogens is 268 g/mol. The van der Waals surface area contributed by atoms with Crippen LogP contribution in [0.3, 0.4) is 0 Å². The van der Waals surface area contributed by atoms with Gasteiger partial charge < -0.3 is 0 Å². The normalized spacial score (nSPS) is 12.6. The minimum atomic E-state index is -0.660. The van der Waals surface area contributed by atoms with Gasteiger partial charge in [-0.2, -0.15) is 15.5 Å². The zero-order valence-electron chi connectivity index (χ0n) is 10.5. The van der Waals surface area contributed by atoms with Gasteiger partial charge >= 0.3 is 0 Å². The largest absolute Gasteiger partial charge is 0.238 e. The number of aromatic nitrogens is 1. The lowest BCUT2D eigenvalue weighted by atomic mass is 10.3. The second-order valence-corrected chi connectivity index (χ2v) is 5.16. The Balaban J connectivity index is 1.90. The number of nitrogens with zero attached hydrogens (tertiary/aromatic N) is 4. The van der Waals surface area contributed by atoms with E-state index in [0.717, 1.165) is 15.9 Å². The second-order valence-electron chi connectivity index (χ2n) is 4.10. The third-order valence-corrected chi connectivity index (χ3v) is 3.80. The maximum absolute atomic E-state index is 9.25. The molecular formula is C15H10N4S. The highest BCUT2D eigenvalue weighted by molar-refractivity contribution is 7.18. The summed E-state index contributed by atoms with van der Waals surface area (Å²) >= 11 is 1.48. The van der Waals surface area contributed by atoms with Crippen LogP contribution >= 0.6 is 11.3 Å². The molecule has 0 fully saturated rings. The molecule has 0 radical (unpaired) electrons. The molecule has 2 aromatic carbocycles. The summed E-state index contributed by atoms with van der Waals surface area (Å²) in [7, 11) is 0. The Morgan fingerprint density at radius 3 is 2.55 bits per heavy atom. The van der Waals surface area contributed by atoms with Crippen molar-refractivity contribution in [2.75, 3.05) is 0 Å². The van der Waals surface area contributed by atoms with Crippen LogP contribution in [0.1, 0.15) is 11.0 Å². The fourth-order valence-electron chi connectivity index (χ4n) is 1.76. The van der Waals surface area contributed by atoms with Crippen LogP contribution in [0.25, 0.3) is 10.2 Å². The number of hydrogen-bond donors (Lipinski definition) is 0. The van der Waals surface area contributed by atoms with Crippen LogP contribution in [0.15, 0.2) is 64.8 Å². The Labute approximate surface area is 120 Å². The fourth-order valence-corrected chi connectivity index (χ4v) is 2.70. The van der Waals surface area contributed by atoms with Gasteiger partial charge in [-0.25, -0.2) is 4.98 Å². The Kier molecular flexibility index (Phi) is 3.48. The molecule has 4 nitrogen and oxygen atoms in total. The smallest absolute Gasteiger partial charge is 0.208 e. The average Bonchev–Trinajstić information content (AvgIpc) is 2.92. The topological polar surface area (TPSA) is 61.4 Å². The van der Waals surface area contributed by atoms with Crippen LogP contribution in [0.2, 0.25) is 0 Å². The molecule has 1 unspecified atom stereocenters. The van der Waals surface area contributed by atoms with Crippen molar-refractivity contribution in [1.82, 2.24) is 4.98 Å². The standard InChI is InChI=1S/C15H10N4S/c16-10-13(19-18-11-6-2-1-3-7-11)15-17-12-8-4-5-9-14(12)20-15/h1-9,13H. The summed E-state index contributed by atoms with van der Waals surface area (Å²) in [4.78, 5) is 4.44. The summed E-state index contributed by atoms with van der Waals surface area (Å²) in [6, 6.07) is 18.6. The van der Waals surface area contributed by atoms with E-state index in [1.165, 1.54) is 11.3 Å². The molecule has 0 spiro atoms. The summed E-state index contributed by atoms with van der Waals surface area (Å²) in [5.41, 5.74) is 1.62. The van der Waals surface area contributed by atoms with E-state index in [4.69, 9.17) is 0 Å². The molecule has 20 heavy (non-hydrogen) atoms. The van der Waals surface area contributed by atoms with Gasteiger partial charge in [-0.3, -0.25) is 0 Å². The number of hydrogen-bond acceptors (Lipinski definition) is 5. The van der Waals surface area contributed by atoms with E-state index in [1.807, 2.05) is 54.6 Å². The molecule has 5 heteroatoms. The molecule has 0 amide bonds. The van der Waals surface area contributed by atoms with Gasteiger partial charge in [-0.1, -0.05) is 30.3 Å². The second kappa shape index (κ2) is 5.59. The summed E-state index contributed by atoms with van der Waals surface area (Å²) in [6.45, 7) is 0. The molecule has 0 bridgehead atoms. The Morgan fingerprint density at radius 2 is 1.80 bits per heavy atom. The van der Waals surface area contributed by atoms with Crippen molar-refractivity contribution >= 4 is 27.2 Å². The molecule has 1 aromatic heterocycles. The minimum Gasteiger partial charge on any atom is -0.238 e. The molecule has 96 valence electrons. The van der Waals surface area contributed by atoms with Crippen molar-refractivity contribution in [2.24, 2.45) is 10.2 Å². The maximum Gasteiger partial charge on any atom is 0.208 e. The third kappa shape index (κ3) is 2.56. The van der Waals surface area contributed by atoms with E-state index < -0.39 is 6.04 Å². The predicted molar refractivity (Wildman–Crippen MR) is 78.9 cm³/mol. The molecule has 3 rings (SSSR count). The summed E-state index contributed by atoms with van der Waals surface area (Å²) in [5.74, 6) is 0. The van der Waals surface area contributed by atoms with E-state index in [2.05, 4.69) is 21.3 Å². The zero-order chi connectivity index (χ0) is 13.8. The quantitative estimate of drug-likeness (QED) is 0.655. The Bertz CT molecular complexity index is 753. The maximum atomic E-state index is 9.25. The predicted octanol–water partition coefficient (Wildman–Crippen LogP) is 4.64. The van der Waals surface area contributed by atoms with Crippen LogP contribution in [-0.4, -0.2) is 4.98 Å². The minimum absolute atomic E-state index is 0.660. The van der Waals surface area contributed by atoms with Gasteiger partial charge in [0.25, 0.3) is 0 Å². The van der Waals surface area contributed by atoms with Crippen molar-refractivity contribution in [3.63, 3.8) is 0 Å². The van der Waals surface area contributed by atoms with Gasteiger partial charge in [0.2, 0.25) is 6.04 Å². The van der Waals surface area contributed by atoms with Crippen LogP contribution in [0.5, 0.6) is 0 Å². The van der Waals surface area contributed by atoms with Crippen molar-refractivity contribution in [1.29, 1.82) is 5.26 Å². The molecule has 1 heterocycles. The number of nitriles is 1.